The molecule has 2 aliphatic rings. The number of amides is 1. The number of carbonyl (C=O) groups is 1. The molecule has 2 aromatic carbocycles. The first kappa shape index (κ1) is 23.4. The zero-order valence-electron chi connectivity index (χ0n) is 18.2. The zero-order valence-corrected chi connectivity index (χ0v) is 21.3. The highest BCUT2D eigenvalue weighted by molar-refractivity contribution is 6.42. The van der Waals surface area contributed by atoms with E-state index >= 15 is 0 Å². The fraction of sp³-hybridized carbons (Fsp3) is 0.250. The van der Waals surface area contributed by atoms with Crippen LogP contribution in [0.1, 0.15) is 18.5 Å². The van der Waals surface area contributed by atoms with E-state index < -0.39 is 6.04 Å². The Morgan fingerprint density at radius 1 is 0.941 bits per heavy atom. The van der Waals surface area contributed by atoms with Gasteiger partial charge in [-0.1, -0.05) is 52.5 Å². The van der Waals surface area contributed by atoms with Crippen LogP contribution in [0.15, 0.2) is 59.9 Å². The van der Waals surface area contributed by atoms with Crippen molar-refractivity contribution in [3.8, 4) is 0 Å². The van der Waals surface area contributed by atoms with Gasteiger partial charge >= 0.3 is 0 Å². The highest BCUT2D eigenvalue weighted by Crippen LogP contribution is 2.38. The summed E-state index contributed by atoms with van der Waals surface area (Å²) in [7, 11) is 0. The van der Waals surface area contributed by atoms with E-state index in [2.05, 4.69) is 15.3 Å². The van der Waals surface area contributed by atoms with Crippen LogP contribution in [0, 0.1) is 0 Å². The lowest BCUT2D eigenvalue weighted by molar-refractivity contribution is -0.127. The Morgan fingerprint density at radius 3 is 2.32 bits per heavy atom. The molecule has 1 N–H and O–H groups in total. The van der Waals surface area contributed by atoms with E-state index in [0.29, 0.717) is 51.8 Å². The largest absolute Gasteiger partial charge is 0.368 e. The Labute approximate surface area is 217 Å². The second kappa shape index (κ2) is 9.34. The molecule has 5 rings (SSSR count). The minimum absolute atomic E-state index is 0.0361. The second-order valence-corrected chi connectivity index (χ2v) is 9.99. The quantitative estimate of drug-likeness (QED) is 0.437. The molecule has 0 radical (unpaired) electrons. The fourth-order valence-electron chi connectivity index (χ4n) is 4.53. The maximum absolute atomic E-state index is 13.8. The third kappa shape index (κ3) is 4.36. The summed E-state index contributed by atoms with van der Waals surface area (Å²) in [6, 6.07) is 12.4. The smallest absolute Gasteiger partial charge is 0.254 e. The number of anilines is 2. The van der Waals surface area contributed by atoms with Crippen molar-refractivity contribution in [1.29, 1.82) is 0 Å². The van der Waals surface area contributed by atoms with Gasteiger partial charge in [0.1, 0.15) is 11.9 Å². The molecule has 6 nitrogen and oxygen atoms in total. The predicted molar refractivity (Wildman–Crippen MR) is 138 cm³/mol. The number of hydrogen-bond donors (Lipinski definition) is 1. The van der Waals surface area contributed by atoms with Crippen LogP contribution < -0.4 is 10.2 Å². The number of allylic oxidation sites excluding steroid dienone is 1. The van der Waals surface area contributed by atoms with Gasteiger partial charge in [0, 0.05) is 53.7 Å². The fourth-order valence-corrected chi connectivity index (χ4v) is 5.35. The normalized spacial score (nSPS) is 18.1. The van der Waals surface area contributed by atoms with Gasteiger partial charge in [0.05, 0.1) is 21.8 Å². The highest BCUT2D eigenvalue weighted by atomic mass is 35.5. The van der Waals surface area contributed by atoms with Crippen LogP contribution in [0.2, 0.25) is 20.1 Å². The van der Waals surface area contributed by atoms with Crippen LogP contribution in [-0.4, -0.2) is 46.8 Å². The molecule has 3 aromatic rings. The van der Waals surface area contributed by atoms with Gasteiger partial charge in [-0.3, -0.25) is 4.79 Å². The van der Waals surface area contributed by atoms with E-state index in [1.54, 1.807) is 24.4 Å². The van der Waals surface area contributed by atoms with Crippen molar-refractivity contribution in [3.63, 3.8) is 0 Å². The van der Waals surface area contributed by atoms with Crippen LogP contribution >= 0.6 is 46.4 Å². The van der Waals surface area contributed by atoms with Crippen molar-refractivity contribution < 1.29 is 4.79 Å². The van der Waals surface area contributed by atoms with Crippen molar-refractivity contribution in [1.82, 2.24) is 14.7 Å². The lowest BCUT2D eigenvalue weighted by atomic mass is 9.94. The highest BCUT2D eigenvalue weighted by Gasteiger charge is 2.36. The summed E-state index contributed by atoms with van der Waals surface area (Å²) < 4.78 is 1.81. The number of hydrogen-bond acceptors (Lipinski definition) is 4. The molecule has 3 heterocycles. The summed E-state index contributed by atoms with van der Waals surface area (Å²) >= 11 is 24.8. The van der Waals surface area contributed by atoms with Gasteiger partial charge < -0.3 is 15.1 Å². The number of halogens is 4. The summed E-state index contributed by atoms with van der Waals surface area (Å²) in [4.78, 5) is 17.9. The molecule has 0 bridgehead atoms. The van der Waals surface area contributed by atoms with Crippen LogP contribution in [0.5, 0.6) is 0 Å². The minimum Gasteiger partial charge on any atom is -0.368 e. The molecule has 0 aliphatic carbocycles. The SMILES string of the molecule is CC1=C(C(=O)N2CCN(c3cc(Cl)cc(Cl)c3)CC2)C(c2ccc(Cl)c(Cl)c2)n2nccc2N1. The Kier molecular flexibility index (Phi) is 6.42. The first-order chi connectivity index (χ1) is 16.3. The topological polar surface area (TPSA) is 53.4 Å². The predicted octanol–water partition coefficient (Wildman–Crippen LogP) is 6.13. The summed E-state index contributed by atoms with van der Waals surface area (Å²) in [6.45, 7) is 4.40. The Hall–Kier alpha value is -2.38. The molecule has 34 heavy (non-hydrogen) atoms. The molecule has 1 saturated heterocycles. The van der Waals surface area contributed by atoms with E-state index in [-0.39, 0.29) is 5.91 Å². The molecule has 2 aliphatic heterocycles. The zero-order chi connectivity index (χ0) is 24.0. The van der Waals surface area contributed by atoms with Crippen molar-refractivity contribution in [3.05, 3.63) is 85.6 Å². The van der Waals surface area contributed by atoms with Crippen LogP contribution in [0.4, 0.5) is 11.5 Å². The van der Waals surface area contributed by atoms with E-state index in [4.69, 9.17) is 46.4 Å². The Bertz CT molecular complexity index is 1280. The molecule has 1 aromatic heterocycles. The van der Waals surface area contributed by atoms with Gasteiger partial charge in [-0.15, -0.1) is 0 Å². The second-order valence-electron chi connectivity index (χ2n) is 8.31. The van der Waals surface area contributed by atoms with Gasteiger partial charge in [0.25, 0.3) is 5.91 Å². The number of nitrogens with zero attached hydrogens (tertiary/aromatic N) is 4. The molecule has 0 saturated carbocycles. The van der Waals surface area contributed by atoms with Crippen molar-refractivity contribution in [2.24, 2.45) is 0 Å². The molecular formula is C24H21Cl4N5O. The Morgan fingerprint density at radius 2 is 1.65 bits per heavy atom. The summed E-state index contributed by atoms with van der Waals surface area (Å²) in [5.41, 5.74) is 3.22. The van der Waals surface area contributed by atoms with Gasteiger partial charge in [-0.25, -0.2) is 4.68 Å². The van der Waals surface area contributed by atoms with Crippen molar-refractivity contribution in [2.45, 2.75) is 13.0 Å². The lowest BCUT2D eigenvalue weighted by Gasteiger charge is -2.38. The van der Waals surface area contributed by atoms with Crippen molar-refractivity contribution in [2.75, 3.05) is 36.4 Å². The molecule has 176 valence electrons. The average molecular weight is 537 g/mol. The van der Waals surface area contributed by atoms with E-state index in [9.17, 15) is 4.79 Å². The number of fused-ring (bicyclic) bond motifs is 1. The number of nitrogens with one attached hydrogen (secondary N) is 1. The number of piperazine rings is 1. The molecule has 1 atom stereocenters. The molecule has 1 fully saturated rings. The first-order valence-electron chi connectivity index (χ1n) is 10.8. The minimum atomic E-state index is -0.418. The van der Waals surface area contributed by atoms with Gasteiger partial charge in [0.2, 0.25) is 0 Å². The van der Waals surface area contributed by atoms with E-state index in [0.717, 1.165) is 22.8 Å². The monoisotopic (exact) mass is 535 g/mol. The van der Waals surface area contributed by atoms with Gasteiger partial charge in [-0.05, 0) is 42.8 Å². The van der Waals surface area contributed by atoms with E-state index in [1.807, 2.05) is 40.8 Å². The third-order valence-corrected chi connectivity index (χ3v) is 7.35. The lowest BCUT2D eigenvalue weighted by Crippen LogP contribution is -2.50. The third-order valence-electron chi connectivity index (χ3n) is 6.18. The van der Waals surface area contributed by atoms with Crippen molar-refractivity contribution >= 4 is 63.8 Å². The number of rotatable bonds is 3. The molecule has 1 amide bonds. The first-order valence-corrected chi connectivity index (χ1v) is 12.3. The summed E-state index contributed by atoms with van der Waals surface area (Å²) in [5, 5.41) is 9.89. The number of benzene rings is 2. The number of carbonyl (C=O) groups excluding carboxylic acids is 1. The molecule has 0 spiro atoms. The van der Waals surface area contributed by atoms with Crippen LogP contribution in [0.25, 0.3) is 0 Å². The van der Waals surface area contributed by atoms with Gasteiger partial charge in [-0.2, -0.15) is 5.10 Å². The van der Waals surface area contributed by atoms with E-state index in [1.165, 1.54) is 0 Å². The Balaban J connectivity index is 1.42. The summed E-state index contributed by atoms with van der Waals surface area (Å²) in [5.74, 6) is 0.777. The molecule has 10 heteroatoms. The number of aromatic nitrogens is 2. The summed E-state index contributed by atoms with van der Waals surface area (Å²) in [6.07, 6.45) is 1.71. The molecule has 1 unspecified atom stereocenters. The maximum atomic E-state index is 13.8. The van der Waals surface area contributed by atoms with Crippen LogP contribution in [0.3, 0.4) is 0 Å². The van der Waals surface area contributed by atoms with Crippen LogP contribution in [-0.2, 0) is 4.79 Å². The molecular weight excluding hydrogens is 516 g/mol. The average Bonchev–Trinajstić information content (AvgIpc) is 3.27. The standard InChI is InChI=1S/C24H21Cl4N5O/c1-14-22(23(33-21(30-14)4-5-29-33)15-2-3-19(27)20(28)10-15)24(34)32-8-6-31(7-9-32)18-12-16(25)11-17(26)13-18/h2-5,10-13,23,30H,6-9H2,1H3. The maximum Gasteiger partial charge on any atom is 0.254 e. The van der Waals surface area contributed by atoms with Gasteiger partial charge in [0.15, 0.2) is 0 Å².